The minimum Gasteiger partial charge on any atom is -0.321 e. The Bertz CT molecular complexity index is 923. The molecule has 0 aliphatic heterocycles. The van der Waals surface area contributed by atoms with Crippen LogP contribution in [0.4, 0.5) is 5.69 Å². The summed E-state index contributed by atoms with van der Waals surface area (Å²) in [6.45, 7) is 9.79. The van der Waals surface area contributed by atoms with Gasteiger partial charge < -0.3 is 5.32 Å². The zero-order valence-corrected chi connectivity index (χ0v) is 15.3. The largest absolute Gasteiger partial charge is 0.321 e. The molecule has 0 saturated heterocycles. The van der Waals surface area contributed by atoms with E-state index in [1.807, 2.05) is 52.8 Å². The van der Waals surface area contributed by atoms with Crippen LogP contribution in [-0.2, 0) is 0 Å². The number of aromatic nitrogens is 3. The van der Waals surface area contributed by atoms with Crippen LogP contribution in [0.25, 0.3) is 5.13 Å². The molecule has 6 heteroatoms. The molecule has 24 heavy (non-hydrogen) atoms. The smallest absolute Gasteiger partial charge is 0.267 e. The maximum atomic E-state index is 12.6. The number of thiazole rings is 1. The van der Waals surface area contributed by atoms with E-state index in [1.54, 1.807) is 4.68 Å². The normalized spacial score (nSPS) is 10.9. The monoisotopic (exact) mass is 340 g/mol. The minimum absolute atomic E-state index is 0.135. The standard InChI is InChI=1S/C18H20N4OS/c1-10-6-7-15(11(2)8-10)20-17(23)16-14(5)19-18(24-16)22-13(4)9-12(3)21-22/h6-9H,1-5H3,(H,20,23). The van der Waals surface area contributed by atoms with E-state index >= 15 is 0 Å². The fourth-order valence-electron chi connectivity index (χ4n) is 2.64. The number of nitrogens with one attached hydrogen (secondary N) is 1. The summed E-state index contributed by atoms with van der Waals surface area (Å²) in [5.74, 6) is -0.135. The summed E-state index contributed by atoms with van der Waals surface area (Å²) in [4.78, 5) is 17.8. The van der Waals surface area contributed by atoms with Gasteiger partial charge in [0, 0.05) is 11.4 Å². The average Bonchev–Trinajstić information content (AvgIpc) is 3.04. The Morgan fingerprint density at radius 2 is 1.88 bits per heavy atom. The van der Waals surface area contributed by atoms with Crippen molar-refractivity contribution in [2.75, 3.05) is 5.32 Å². The maximum Gasteiger partial charge on any atom is 0.267 e. The van der Waals surface area contributed by atoms with Crippen molar-refractivity contribution < 1.29 is 4.79 Å². The summed E-state index contributed by atoms with van der Waals surface area (Å²) in [7, 11) is 0. The van der Waals surface area contributed by atoms with E-state index in [0.29, 0.717) is 15.7 Å². The van der Waals surface area contributed by atoms with Crippen molar-refractivity contribution in [2.24, 2.45) is 0 Å². The lowest BCUT2D eigenvalue weighted by atomic mass is 10.1. The Morgan fingerprint density at radius 3 is 2.50 bits per heavy atom. The molecule has 1 aromatic carbocycles. The van der Waals surface area contributed by atoms with Crippen molar-refractivity contribution in [1.82, 2.24) is 14.8 Å². The second kappa shape index (κ2) is 6.20. The van der Waals surface area contributed by atoms with Crippen molar-refractivity contribution >= 4 is 22.9 Å². The number of amides is 1. The van der Waals surface area contributed by atoms with Gasteiger partial charge in [-0.1, -0.05) is 29.0 Å². The van der Waals surface area contributed by atoms with Gasteiger partial charge in [-0.3, -0.25) is 4.79 Å². The molecule has 2 aromatic heterocycles. The highest BCUT2D eigenvalue weighted by Gasteiger charge is 2.18. The number of aryl methyl sites for hydroxylation is 5. The van der Waals surface area contributed by atoms with Crippen molar-refractivity contribution in [2.45, 2.75) is 34.6 Å². The van der Waals surface area contributed by atoms with Gasteiger partial charge in [0.25, 0.3) is 5.91 Å². The van der Waals surface area contributed by atoms with Crippen LogP contribution in [0.15, 0.2) is 24.3 Å². The molecule has 5 nitrogen and oxygen atoms in total. The van der Waals surface area contributed by atoms with Gasteiger partial charge in [-0.25, -0.2) is 9.67 Å². The Kier molecular flexibility index (Phi) is 4.24. The molecule has 0 radical (unpaired) electrons. The SMILES string of the molecule is Cc1ccc(NC(=O)c2sc(-n3nc(C)cc3C)nc2C)c(C)c1. The number of benzene rings is 1. The lowest BCUT2D eigenvalue weighted by molar-refractivity contribution is 0.102. The number of carbonyl (C=O) groups is 1. The van der Waals surface area contributed by atoms with Gasteiger partial charge in [-0.05, 0) is 52.3 Å². The van der Waals surface area contributed by atoms with Crippen molar-refractivity contribution in [3.8, 4) is 5.13 Å². The highest BCUT2D eigenvalue weighted by molar-refractivity contribution is 7.16. The number of hydrogen-bond acceptors (Lipinski definition) is 4. The highest BCUT2D eigenvalue weighted by Crippen LogP contribution is 2.25. The molecule has 0 aliphatic carbocycles. The predicted molar refractivity (Wildman–Crippen MR) is 97.3 cm³/mol. The number of nitrogens with zero attached hydrogens (tertiary/aromatic N) is 3. The van der Waals surface area contributed by atoms with Crippen LogP contribution in [-0.4, -0.2) is 20.7 Å². The van der Waals surface area contributed by atoms with Crippen LogP contribution in [0.5, 0.6) is 0 Å². The van der Waals surface area contributed by atoms with Crippen LogP contribution in [0.1, 0.15) is 37.9 Å². The summed E-state index contributed by atoms with van der Waals surface area (Å²) < 4.78 is 1.78. The zero-order chi connectivity index (χ0) is 17.4. The van der Waals surface area contributed by atoms with Crippen LogP contribution >= 0.6 is 11.3 Å². The Labute approximate surface area is 145 Å². The van der Waals surface area contributed by atoms with Gasteiger partial charge in [0.2, 0.25) is 5.13 Å². The fourth-order valence-corrected chi connectivity index (χ4v) is 3.61. The van der Waals surface area contributed by atoms with Gasteiger partial charge >= 0.3 is 0 Å². The van der Waals surface area contributed by atoms with E-state index in [0.717, 1.165) is 22.6 Å². The third kappa shape index (κ3) is 3.10. The van der Waals surface area contributed by atoms with Crippen LogP contribution < -0.4 is 5.32 Å². The number of anilines is 1. The van der Waals surface area contributed by atoms with E-state index in [2.05, 4.69) is 21.5 Å². The maximum absolute atomic E-state index is 12.6. The molecular weight excluding hydrogens is 320 g/mol. The Morgan fingerprint density at radius 1 is 1.12 bits per heavy atom. The van der Waals surface area contributed by atoms with Crippen LogP contribution in [0.3, 0.4) is 0 Å². The van der Waals surface area contributed by atoms with Crippen LogP contribution in [0.2, 0.25) is 0 Å². The van der Waals surface area contributed by atoms with Gasteiger partial charge in [-0.2, -0.15) is 5.10 Å². The van der Waals surface area contributed by atoms with Crippen molar-refractivity contribution in [3.63, 3.8) is 0 Å². The molecule has 0 bridgehead atoms. The molecule has 124 valence electrons. The highest BCUT2D eigenvalue weighted by atomic mass is 32.1. The molecule has 1 N–H and O–H groups in total. The lowest BCUT2D eigenvalue weighted by Crippen LogP contribution is -2.12. The van der Waals surface area contributed by atoms with E-state index in [9.17, 15) is 4.79 Å². The van der Waals surface area contributed by atoms with Crippen LogP contribution in [0, 0.1) is 34.6 Å². The molecule has 1 amide bonds. The first kappa shape index (κ1) is 16.4. The average molecular weight is 340 g/mol. The molecule has 0 saturated carbocycles. The Hall–Kier alpha value is -2.47. The lowest BCUT2D eigenvalue weighted by Gasteiger charge is -2.08. The molecule has 2 heterocycles. The topological polar surface area (TPSA) is 59.8 Å². The predicted octanol–water partition coefficient (Wildman–Crippen LogP) is 4.12. The molecular formula is C18H20N4OS. The third-order valence-corrected chi connectivity index (χ3v) is 4.94. The number of hydrogen-bond donors (Lipinski definition) is 1. The molecule has 0 spiro atoms. The molecule has 0 atom stereocenters. The van der Waals surface area contributed by atoms with Crippen molar-refractivity contribution in [3.05, 3.63) is 57.4 Å². The van der Waals surface area contributed by atoms with Crippen molar-refractivity contribution in [1.29, 1.82) is 0 Å². The van der Waals surface area contributed by atoms with Gasteiger partial charge in [-0.15, -0.1) is 0 Å². The second-order valence-corrected chi connectivity index (χ2v) is 7.00. The summed E-state index contributed by atoms with van der Waals surface area (Å²) in [6.07, 6.45) is 0. The number of rotatable bonds is 3. The number of carbonyl (C=O) groups excluding carboxylic acids is 1. The first-order valence-corrected chi connectivity index (χ1v) is 8.56. The van der Waals surface area contributed by atoms with E-state index in [-0.39, 0.29) is 5.91 Å². The van der Waals surface area contributed by atoms with E-state index < -0.39 is 0 Å². The second-order valence-electron chi connectivity index (χ2n) is 6.02. The van der Waals surface area contributed by atoms with E-state index in [4.69, 9.17) is 0 Å². The summed E-state index contributed by atoms with van der Waals surface area (Å²) in [5.41, 5.74) is 5.69. The molecule has 0 unspecified atom stereocenters. The summed E-state index contributed by atoms with van der Waals surface area (Å²) in [6, 6.07) is 7.97. The van der Waals surface area contributed by atoms with Gasteiger partial charge in [0.1, 0.15) is 4.88 Å². The summed E-state index contributed by atoms with van der Waals surface area (Å²) >= 11 is 1.35. The quantitative estimate of drug-likeness (QED) is 0.780. The molecule has 0 fully saturated rings. The molecule has 3 rings (SSSR count). The minimum atomic E-state index is -0.135. The summed E-state index contributed by atoms with van der Waals surface area (Å²) in [5, 5.41) is 8.13. The Balaban J connectivity index is 1.89. The van der Waals surface area contributed by atoms with E-state index in [1.165, 1.54) is 16.9 Å². The third-order valence-electron chi connectivity index (χ3n) is 3.81. The van der Waals surface area contributed by atoms with Gasteiger partial charge in [0.15, 0.2) is 0 Å². The molecule has 0 aliphatic rings. The zero-order valence-electron chi connectivity index (χ0n) is 14.5. The first-order valence-electron chi connectivity index (χ1n) is 7.75. The molecule has 3 aromatic rings. The van der Waals surface area contributed by atoms with Gasteiger partial charge in [0.05, 0.1) is 11.4 Å². The fraction of sp³-hybridized carbons (Fsp3) is 0.278. The first-order chi connectivity index (χ1) is 11.3.